The topological polar surface area (TPSA) is 72.5 Å². The molecule has 0 bridgehead atoms. The zero-order valence-corrected chi connectivity index (χ0v) is 15.3. The second-order valence-corrected chi connectivity index (χ2v) is 6.20. The van der Waals surface area contributed by atoms with Crippen molar-refractivity contribution in [3.63, 3.8) is 0 Å². The molecule has 0 fully saturated rings. The molecule has 28 heavy (non-hydrogen) atoms. The van der Waals surface area contributed by atoms with Gasteiger partial charge >= 0.3 is 5.97 Å². The molecular weight excluding hydrogens is 354 g/mol. The Kier molecular flexibility index (Phi) is 5.97. The highest BCUT2D eigenvalue weighted by atomic mass is 16.5. The van der Waals surface area contributed by atoms with Crippen LogP contribution >= 0.6 is 0 Å². The largest absolute Gasteiger partial charge is 0.454 e. The average molecular weight is 373 g/mol. The van der Waals surface area contributed by atoms with Gasteiger partial charge in [-0.2, -0.15) is 0 Å². The van der Waals surface area contributed by atoms with E-state index < -0.39 is 5.97 Å². The number of ketones is 1. The minimum absolute atomic E-state index is 0.236. The van der Waals surface area contributed by atoms with Gasteiger partial charge in [0, 0.05) is 18.2 Å². The van der Waals surface area contributed by atoms with E-state index in [-0.39, 0.29) is 23.9 Å². The van der Waals surface area contributed by atoms with Crippen LogP contribution in [0.4, 0.5) is 5.69 Å². The summed E-state index contributed by atoms with van der Waals surface area (Å²) >= 11 is 0. The Hall–Kier alpha value is -3.73. The first-order valence-corrected chi connectivity index (χ1v) is 8.76. The fraction of sp³-hybridized carbons (Fsp3) is 0.0870. The number of ether oxygens (including phenoxy) is 1. The fourth-order valence-corrected chi connectivity index (χ4v) is 2.70. The van der Waals surface area contributed by atoms with Crippen LogP contribution in [0.25, 0.3) is 11.1 Å². The maximum absolute atomic E-state index is 12.3. The molecule has 0 aromatic heterocycles. The number of benzene rings is 3. The molecule has 1 amide bonds. The third-order valence-corrected chi connectivity index (χ3v) is 4.07. The molecule has 0 spiro atoms. The zero-order chi connectivity index (χ0) is 19.9. The summed E-state index contributed by atoms with van der Waals surface area (Å²) in [7, 11) is 0. The van der Waals surface area contributed by atoms with Crippen LogP contribution in [0.3, 0.4) is 0 Å². The quantitative estimate of drug-likeness (QED) is 0.515. The van der Waals surface area contributed by atoms with Gasteiger partial charge in [-0.25, -0.2) is 4.79 Å². The summed E-state index contributed by atoms with van der Waals surface area (Å²) in [6, 6.07) is 23.4. The van der Waals surface area contributed by atoms with E-state index in [4.69, 9.17) is 4.74 Å². The highest BCUT2D eigenvalue weighted by Crippen LogP contribution is 2.19. The van der Waals surface area contributed by atoms with Gasteiger partial charge < -0.3 is 10.1 Å². The molecule has 0 atom stereocenters. The number of anilines is 1. The number of Topliss-reactive ketones (excluding diaryl/α,β-unsaturated/α-hetero) is 1. The van der Waals surface area contributed by atoms with Crippen molar-refractivity contribution in [3.8, 4) is 11.1 Å². The Labute approximate surface area is 163 Å². The highest BCUT2D eigenvalue weighted by molar-refractivity contribution is 6.00. The van der Waals surface area contributed by atoms with Gasteiger partial charge in [0.25, 0.3) is 0 Å². The van der Waals surface area contributed by atoms with Crippen LogP contribution in [0.15, 0.2) is 78.9 Å². The first kappa shape index (κ1) is 19.0. The van der Waals surface area contributed by atoms with Gasteiger partial charge in [0.2, 0.25) is 5.91 Å². The molecule has 0 saturated heterocycles. The summed E-state index contributed by atoms with van der Waals surface area (Å²) in [5, 5.41) is 2.60. The lowest BCUT2D eigenvalue weighted by Crippen LogP contribution is -2.14. The number of hydrogen-bond acceptors (Lipinski definition) is 4. The van der Waals surface area contributed by atoms with E-state index in [0.29, 0.717) is 11.3 Å². The van der Waals surface area contributed by atoms with Gasteiger partial charge in [-0.05, 0) is 29.3 Å². The van der Waals surface area contributed by atoms with E-state index in [1.54, 1.807) is 30.3 Å². The molecule has 0 aliphatic heterocycles. The van der Waals surface area contributed by atoms with Crippen LogP contribution in [0, 0.1) is 0 Å². The first-order chi connectivity index (χ1) is 13.5. The summed E-state index contributed by atoms with van der Waals surface area (Å²) in [6.45, 7) is 1.03. The lowest BCUT2D eigenvalue weighted by molar-refractivity contribution is -0.114. The summed E-state index contributed by atoms with van der Waals surface area (Å²) in [4.78, 5) is 35.6. The third-order valence-electron chi connectivity index (χ3n) is 4.07. The first-order valence-electron chi connectivity index (χ1n) is 8.76. The average Bonchev–Trinajstić information content (AvgIpc) is 2.72. The maximum Gasteiger partial charge on any atom is 0.338 e. The maximum atomic E-state index is 12.3. The monoisotopic (exact) mass is 373 g/mol. The molecule has 0 unspecified atom stereocenters. The lowest BCUT2D eigenvalue weighted by Gasteiger charge is -2.07. The van der Waals surface area contributed by atoms with Gasteiger partial charge in [0.15, 0.2) is 12.4 Å². The van der Waals surface area contributed by atoms with E-state index >= 15 is 0 Å². The number of nitrogens with one attached hydrogen (secondary N) is 1. The second-order valence-electron chi connectivity index (χ2n) is 6.20. The Bertz CT molecular complexity index is 995. The molecule has 5 heteroatoms. The van der Waals surface area contributed by atoms with Gasteiger partial charge in [-0.3, -0.25) is 9.59 Å². The van der Waals surface area contributed by atoms with Crippen molar-refractivity contribution in [2.45, 2.75) is 6.92 Å². The predicted molar refractivity (Wildman–Crippen MR) is 107 cm³/mol. The van der Waals surface area contributed by atoms with E-state index in [2.05, 4.69) is 5.32 Å². The predicted octanol–water partition coefficient (Wildman–Crippen LogP) is 4.35. The number of carbonyl (C=O) groups is 3. The molecule has 140 valence electrons. The Balaban J connectivity index is 1.61. The Morgan fingerprint density at radius 1 is 0.786 bits per heavy atom. The van der Waals surface area contributed by atoms with Crippen molar-refractivity contribution in [3.05, 3.63) is 90.0 Å². The van der Waals surface area contributed by atoms with Crippen LogP contribution in [-0.2, 0) is 9.53 Å². The van der Waals surface area contributed by atoms with E-state index in [1.807, 2.05) is 42.5 Å². The lowest BCUT2D eigenvalue weighted by atomic mass is 10.0. The van der Waals surface area contributed by atoms with Crippen molar-refractivity contribution in [2.24, 2.45) is 0 Å². The highest BCUT2D eigenvalue weighted by Gasteiger charge is 2.13. The number of esters is 1. The minimum atomic E-state index is -0.624. The Morgan fingerprint density at radius 2 is 1.46 bits per heavy atom. The summed E-state index contributed by atoms with van der Waals surface area (Å²) in [6.07, 6.45) is 0. The molecule has 3 aromatic carbocycles. The minimum Gasteiger partial charge on any atom is -0.454 e. The molecular formula is C23H19NO4. The summed E-state index contributed by atoms with van der Waals surface area (Å²) in [5.74, 6) is -1.15. The Morgan fingerprint density at radius 3 is 2.14 bits per heavy atom. The van der Waals surface area contributed by atoms with Crippen LogP contribution in [-0.4, -0.2) is 24.3 Å². The normalized spacial score (nSPS) is 10.2. The molecule has 3 aromatic rings. The molecule has 1 N–H and O–H groups in total. The van der Waals surface area contributed by atoms with Gasteiger partial charge in [0.1, 0.15) is 0 Å². The zero-order valence-electron chi connectivity index (χ0n) is 15.3. The molecule has 0 heterocycles. The fourth-order valence-electron chi connectivity index (χ4n) is 2.70. The number of hydrogen-bond donors (Lipinski definition) is 1. The van der Waals surface area contributed by atoms with E-state index in [1.165, 1.54) is 13.0 Å². The van der Waals surface area contributed by atoms with Gasteiger partial charge in [0.05, 0.1) is 5.56 Å². The van der Waals surface area contributed by atoms with Gasteiger partial charge in [-0.15, -0.1) is 0 Å². The van der Waals surface area contributed by atoms with Crippen LogP contribution in [0.5, 0.6) is 0 Å². The number of amides is 1. The van der Waals surface area contributed by atoms with Crippen molar-refractivity contribution in [2.75, 3.05) is 11.9 Å². The third kappa shape index (κ3) is 4.92. The molecule has 3 rings (SSSR count). The van der Waals surface area contributed by atoms with E-state index in [0.717, 1.165) is 11.1 Å². The number of carbonyl (C=O) groups excluding carboxylic acids is 3. The molecule has 0 radical (unpaired) electrons. The molecule has 0 saturated carbocycles. The van der Waals surface area contributed by atoms with Crippen molar-refractivity contribution < 1.29 is 19.1 Å². The van der Waals surface area contributed by atoms with Crippen molar-refractivity contribution >= 4 is 23.3 Å². The van der Waals surface area contributed by atoms with Crippen molar-refractivity contribution in [1.29, 1.82) is 0 Å². The van der Waals surface area contributed by atoms with Crippen molar-refractivity contribution in [1.82, 2.24) is 0 Å². The molecule has 0 aliphatic rings. The standard InChI is InChI=1S/C23H19NO4/c1-16(25)24-21-9-5-8-20(14-21)23(27)28-15-22(26)19-12-10-18(11-13-19)17-6-3-2-4-7-17/h2-14H,15H2,1H3,(H,24,25). The SMILES string of the molecule is CC(=O)Nc1cccc(C(=O)OCC(=O)c2ccc(-c3ccccc3)cc2)c1. The second kappa shape index (κ2) is 8.77. The van der Waals surface area contributed by atoms with Crippen LogP contribution in [0.2, 0.25) is 0 Å². The van der Waals surface area contributed by atoms with Gasteiger partial charge in [-0.1, -0.05) is 60.7 Å². The van der Waals surface area contributed by atoms with Crippen LogP contribution in [0.1, 0.15) is 27.6 Å². The summed E-state index contributed by atoms with van der Waals surface area (Å²) < 4.78 is 5.12. The smallest absolute Gasteiger partial charge is 0.338 e. The van der Waals surface area contributed by atoms with E-state index in [9.17, 15) is 14.4 Å². The molecule has 5 nitrogen and oxygen atoms in total. The number of rotatable bonds is 6. The summed E-state index contributed by atoms with van der Waals surface area (Å²) in [5.41, 5.74) is 3.29. The molecule has 0 aliphatic carbocycles. The van der Waals surface area contributed by atoms with Crippen LogP contribution < -0.4 is 5.32 Å².